The third-order valence-electron chi connectivity index (χ3n) is 4.41. The maximum absolute atomic E-state index is 12.0. The summed E-state index contributed by atoms with van der Waals surface area (Å²) in [6, 6.07) is 0. The fourth-order valence-electron chi connectivity index (χ4n) is 3.15. The molecular formula is C15H23N3O2. The molecule has 0 radical (unpaired) electrons. The minimum absolute atomic E-state index is 0.160. The van der Waals surface area contributed by atoms with E-state index in [4.69, 9.17) is 4.74 Å². The number of hydrogen-bond acceptors (Lipinski definition) is 3. The number of aromatic nitrogens is 2. The van der Waals surface area contributed by atoms with Gasteiger partial charge < -0.3 is 10.1 Å². The molecule has 1 N–H and O–H groups in total. The Labute approximate surface area is 119 Å². The summed E-state index contributed by atoms with van der Waals surface area (Å²) in [5, 5.41) is 7.35. The normalized spacial score (nSPS) is 21.2. The Balaban J connectivity index is 1.52. The van der Waals surface area contributed by atoms with Gasteiger partial charge in [0.1, 0.15) is 0 Å². The van der Waals surface area contributed by atoms with Crippen LogP contribution in [-0.2, 0) is 16.1 Å². The van der Waals surface area contributed by atoms with Crippen LogP contribution in [0.25, 0.3) is 0 Å². The van der Waals surface area contributed by atoms with Crippen molar-refractivity contribution in [2.75, 3.05) is 18.5 Å². The molecule has 1 aliphatic heterocycles. The Bertz CT molecular complexity index is 446. The number of ether oxygens (including phenoxy) is 1. The number of carbonyl (C=O) groups is 1. The largest absolute Gasteiger partial charge is 0.381 e. The Morgan fingerprint density at radius 3 is 2.80 bits per heavy atom. The molecule has 5 heteroatoms. The smallest absolute Gasteiger partial charge is 0.227 e. The first-order chi connectivity index (χ1) is 9.81. The first kappa shape index (κ1) is 13.6. The van der Waals surface area contributed by atoms with Crippen LogP contribution in [0.15, 0.2) is 12.4 Å². The van der Waals surface area contributed by atoms with Crippen molar-refractivity contribution in [2.45, 2.75) is 45.1 Å². The van der Waals surface area contributed by atoms with Gasteiger partial charge in [0, 0.05) is 31.9 Å². The fourth-order valence-corrected chi connectivity index (χ4v) is 3.15. The zero-order chi connectivity index (χ0) is 13.8. The molecule has 0 aromatic carbocycles. The number of carbonyl (C=O) groups excluding carboxylic acids is 1. The summed E-state index contributed by atoms with van der Waals surface area (Å²) in [5.41, 5.74) is 0.828. The minimum atomic E-state index is 0.160. The van der Waals surface area contributed by atoms with Gasteiger partial charge in [-0.15, -0.1) is 0 Å². The second-order valence-corrected chi connectivity index (χ2v) is 5.98. The Morgan fingerprint density at radius 2 is 2.05 bits per heavy atom. The number of amides is 1. The molecule has 1 saturated carbocycles. The van der Waals surface area contributed by atoms with E-state index in [0.29, 0.717) is 5.92 Å². The van der Waals surface area contributed by atoms with Crippen molar-refractivity contribution in [3.63, 3.8) is 0 Å². The van der Waals surface area contributed by atoms with Gasteiger partial charge >= 0.3 is 0 Å². The average Bonchev–Trinajstić information content (AvgIpc) is 3.11. The van der Waals surface area contributed by atoms with Gasteiger partial charge in [-0.05, 0) is 31.6 Å². The predicted molar refractivity (Wildman–Crippen MR) is 76.4 cm³/mol. The second kappa shape index (κ2) is 6.39. The van der Waals surface area contributed by atoms with Gasteiger partial charge in [0.15, 0.2) is 0 Å². The fraction of sp³-hybridized carbons (Fsp3) is 0.733. The van der Waals surface area contributed by atoms with Crippen LogP contribution in [-0.4, -0.2) is 28.9 Å². The number of anilines is 1. The molecule has 1 aliphatic carbocycles. The van der Waals surface area contributed by atoms with Crippen LogP contribution in [0.5, 0.6) is 0 Å². The predicted octanol–water partition coefficient (Wildman–Crippen LogP) is 2.44. The van der Waals surface area contributed by atoms with Gasteiger partial charge in [0.2, 0.25) is 5.91 Å². The maximum Gasteiger partial charge on any atom is 0.227 e. The third-order valence-corrected chi connectivity index (χ3v) is 4.41. The first-order valence-corrected chi connectivity index (χ1v) is 7.72. The SMILES string of the molecule is O=C(Nc1cnn(CC2CCOCC2)c1)C1CCCC1. The second-order valence-electron chi connectivity index (χ2n) is 5.98. The van der Waals surface area contributed by atoms with Crippen molar-refractivity contribution in [1.29, 1.82) is 0 Å². The third kappa shape index (κ3) is 3.39. The lowest BCUT2D eigenvalue weighted by Gasteiger charge is -2.21. The maximum atomic E-state index is 12.0. The van der Waals surface area contributed by atoms with Crippen molar-refractivity contribution >= 4 is 11.6 Å². The topological polar surface area (TPSA) is 56.2 Å². The van der Waals surface area contributed by atoms with E-state index in [-0.39, 0.29) is 11.8 Å². The van der Waals surface area contributed by atoms with Gasteiger partial charge in [-0.1, -0.05) is 12.8 Å². The molecule has 2 fully saturated rings. The Hall–Kier alpha value is -1.36. The molecule has 1 amide bonds. The van der Waals surface area contributed by atoms with E-state index < -0.39 is 0 Å². The number of hydrogen-bond donors (Lipinski definition) is 1. The van der Waals surface area contributed by atoms with E-state index in [1.807, 2.05) is 10.9 Å². The molecule has 1 saturated heterocycles. The Kier molecular flexibility index (Phi) is 4.35. The van der Waals surface area contributed by atoms with Crippen LogP contribution >= 0.6 is 0 Å². The molecule has 1 aromatic heterocycles. The summed E-state index contributed by atoms with van der Waals surface area (Å²) in [6.07, 6.45) is 10.3. The van der Waals surface area contributed by atoms with Crippen LogP contribution < -0.4 is 5.32 Å². The van der Waals surface area contributed by atoms with Gasteiger partial charge in [-0.2, -0.15) is 5.10 Å². The minimum Gasteiger partial charge on any atom is -0.381 e. The lowest BCUT2D eigenvalue weighted by Crippen LogP contribution is -2.21. The molecule has 0 atom stereocenters. The molecule has 0 bridgehead atoms. The standard InChI is InChI=1S/C15H23N3O2/c19-15(13-3-1-2-4-13)17-14-9-16-18(11-14)10-12-5-7-20-8-6-12/h9,11-13H,1-8,10H2,(H,17,19). The summed E-state index contributed by atoms with van der Waals surface area (Å²) < 4.78 is 7.31. The van der Waals surface area contributed by atoms with E-state index in [2.05, 4.69) is 10.4 Å². The van der Waals surface area contributed by atoms with Crippen LogP contribution in [0, 0.1) is 11.8 Å². The zero-order valence-corrected chi connectivity index (χ0v) is 11.9. The van der Waals surface area contributed by atoms with Crippen molar-refractivity contribution in [3.8, 4) is 0 Å². The summed E-state index contributed by atoms with van der Waals surface area (Å²) in [6.45, 7) is 2.64. The highest BCUT2D eigenvalue weighted by atomic mass is 16.5. The van der Waals surface area contributed by atoms with Crippen molar-refractivity contribution in [2.24, 2.45) is 11.8 Å². The van der Waals surface area contributed by atoms with E-state index in [1.165, 1.54) is 12.8 Å². The van der Waals surface area contributed by atoms with E-state index in [0.717, 1.165) is 51.1 Å². The van der Waals surface area contributed by atoms with E-state index in [1.54, 1.807) is 6.20 Å². The average molecular weight is 277 g/mol. The number of rotatable bonds is 4. The number of nitrogens with zero attached hydrogens (tertiary/aromatic N) is 2. The van der Waals surface area contributed by atoms with Crippen LogP contribution in [0.2, 0.25) is 0 Å². The van der Waals surface area contributed by atoms with Crippen LogP contribution in [0.1, 0.15) is 38.5 Å². The molecular weight excluding hydrogens is 254 g/mol. The lowest BCUT2D eigenvalue weighted by atomic mass is 10.0. The van der Waals surface area contributed by atoms with Crippen molar-refractivity contribution in [3.05, 3.63) is 12.4 Å². The highest BCUT2D eigenvalue weighted by Crippen LogP contribution is 2.26. The van der Waals surface area contributed by atoms with Crippen LogP contribution in [0.4, 0.5) is 5.69 Å². The molecule has 3 rings (SSSR count). The van der Waals surface area contributed by atoms with Gasteiger partial charge in [0.05, 0.1) is 11.9 Å². The number of nitrogens with one attached hydrogen (secondary N) is 1. The molecule has 1 aromatic rings. The summed E-state index contributed by atoms with van der Waals surface area (Å²) >= 11 is 0. The highest BCUT2D eigenvalue weighted by molar-refractivity contribution is 5.92. The molecule has 0 unspecified atom stereocenters. The molecule has 20 heavy (non-hydrogen) atoms. The zero-order valence-electron chi connectivity index (χ0n) is 11.9. The van der Waals surface area contributed by atoms with E-state index >= 15 is 0 Å². The molecule has 2 heterocycles. The van der Waals surface area contributed by atoms with Crippen molar-refractivity contribution in [1.82, 2.24) is 9.78 Å². The van der Waals surface area contributed by atoms with Crippen molar-refractivity contribution < 1.29 is 9.53 Å². The van der Waals surface area contributed by atoms with Crippen LogP contribution in [0.3, 0.4) is 0 Å². The molecule has 5 nitrogen and oxygen atoms in total. The van der Waals surface area contributed by atoms with Gasteiger partial charge in [0.25, 0.3) is 0 Å². The molecule has 110 valence electrons. The first-order valence-electron chi connectivity index (χ1n) is 7.72. The summed E-state index contributed by atoms with van der Waals surface area (Å²) in [7, 11) is 0. The highest BCUT2D eigenvalue weighted by Gasteiger charge is 2.23. The summed E-state index contributed by atoms with van der Waals surface area (Å²) in [4.78, 5) is 12.0. The van der Waals surface area contributed by atoms with Gasteiger partial charge in [-0.3, -0.25) is 9.48 Å². The lowest BCUT2D eigenvalue weighted by molar-refractivity contribution is -0.119. The quantitative estimate of drug-likeness (QED) is 0.919. The monoisotopic (exact) mass is 277 g/mol. The molecule has 2 aliphatic rings. The summed E-state index contributed by atoms with van der Waals surface area (Å²) in [5.74, 6) is 1.00. The van der Waals surface area contributed by atoms with E-state index in [9.17, 15) is 4.79 Å². The Morgan fingerprint density at radius 1 is 1.30 bits per heavy atom. The van der Waals surface area contributed by atoms with Gasteiger partial charge in [-0.25, -0.2) is 0 Å². The molecule has 0 spiro atoms.